The fourth-order valence-electron chi connectivity index (χ4n) is 6.58. The van der Waals surface area contributed by atoms with Gasteiger partial charge < -0.3 is 27.3 Å². The Hall–Kier alpha value is -0.160. The third-order valence-electron chi connectivity index (χ3n) is 9.38. The molecule has 70 heavy (non-hydrogen) atoms. The van der Waals surface area contributed by atoms with Crippen molar-refractivity contribution in [2.24, 2.45) is 0 Å². The molecule has 0 amide bonds. The molecule has 6 aromatic carbocycles. The minimum atomic E-state index is -5.43. The van der Waals surface area contributed by atoms with Gasteiger partial charge in [0.15, 0.2) is 0 Å². The molecule has 0 aliphatic rings. The summed E-state index contributed by atoms with van der Waals surface area (Å²) < 4.78 is 218. The van der Waals surface area contributed by atoms with Gasteiger partial charge in [-0.1, -0.05) is 36.4 Å². The Morgan fingerprint density at radius 2 is 0.643 bits per heavy atom. The molecule has 8 rings (SSSR count). The fourth-order valence-corrected chi connectivity index (χ4v) is 10.3. The summed E-state index contributed by atoms with van der Waals surface area (Å²) in [6.45, 7) is 0. The molecule has 0 aliphatic carbocycles. The number of nitrogens with zero attached hydrogens (tertiary/aromatic N) is 6. The minimum Gasteiger partial charge on any atom is -0.744 e. The van der Waals surface area contributed by atoms with Gasteiger partial charge in [-0.2, -0.15) is 9.59 Å². The van der Waals surface area contributed by atoms with E-state index < -0.39 is 112 Å². The molecule has 0 saturated heterocycles. The number of hydrogen-bond donors (Lipinski definition) is 0. The van der Waals surface area contributed by atoms with Crippen molar-refractivity contribution in [2.45, 2.75) is 29.4 Å². The zero-order valence-electron chi connectivity index (χ0n) is 36.7. The average molecular weight is 1130 g/mol. The van der Waals surface area contributed by atoms with Crippen LogP contribution < -0.4 is 177 Å². The van der Waals surface area contributed by atoms with Crippen molar-refractivity contribution >= 4 is 116 Å². The molecular weight excluding hydrogens is 1110 g/mol. The monoisotopic (exact) mass is 1130 g/mol. The quantitative estimate of drug-likeness (QED) is 0.0697. The number of hydrogen-bond acceptors (Lipinski definition) is 22. The van der Waals surface area contributed by atoms with Crippen LogP contribution in [0.4, 0.5) is 0 Å². The number of benzene rings is 6. The van der Waals surface area contributed by atoms with Gasteiger partial charge in [0.05, 0.1) is 40.7 Å². The van der Waals surface area contributed by atoms with Crippen molar-refractivity contribution in [1.29, 1.82) is 0 Å². The first-order chi connectivity index (χ1) is 29.5. The molecule has 0 unspecified atom stereocenters. The van der Waals surface area contributed by atoms with Crippen LogP contribution in [0, 0.1) is 0 Å². The Balaban J connectivity index is 0.00000280. The average Bonchev–Trinajstić information content (AvgIpc) is 3.83. The molecule has 24 nitrogen and oxygen atoms in total. The molecule has 0 atom stereocenters. The van der Waals surface area contributed by atoms with E-state index in [2.05, 4.69) is 20.4 Å². The molecule has 0 bridgehead atoms. The van der Waals surface area contributed by atoms with E-state index >= 15 is 0 Å². The van der Waals surface area contributed by atoms with Crippen LogP contribution in [-0.2, 0) is 60.7 Å². The second-order valence-electron chi connectivity index (χ2n) is 13.4. The molecular formula is C34H16N6Na6O18S6. The molecule has 0 radical (unpaired) electrons. The maximum absolute atomic E-state index is 12.5. The summed E-state index contributed by atoms with van der Waals surface area (Å²) in [5, 5.41) is 15.8. The predicted molar refractivity (Wildman–Crippen MR) is 209 cm³/mol. The summed E-state index contributed by atoms with van der Waals surface area (Å²) in [7, 11) is -31.6. The largest absolute Gasteiger partial charge is 1.00 e. The molecule has 2 aromatic heterocycles. The van der Waals surface area contributed by atoms with Crippen molar-refractivity contribution in [2.75, 3.05) is 0 Å². The second kappa shape index (κ2) is 23.6. The van der Waals surface area contributed by atoms with Gasteiger partial charge in [-0.25, -0.2) is 50.5 Å². The van der Waals surface area contributed by atoms with Crippen LogP contribution in [-0.4, -0.2) is 108 Å². The molecule has 8 aromatic rings. The van der Waals surface area contributed by atoms with Crippen LogP contribution in [0.25, 0.3) is 67.1 Å². The van der Waals surface area contributed by atoms with Crippen LogP contribution in [0.2, 0.25) is 0 Å². The fraction of sp³-hybridized carbons (Fsp3) is 0. The van der Waals surface area contributed by atoms with Gasteiger partial charge in [-0.3, -0.25) is 0 Å². The normalized spacial score (nSPS) is 12.4. The first-order valence-corrected chi connectivity index (χ1v) is 25.3. The van der Waals surface area contributed by atoms with E-state index in [1.165, 1.54) is 0 Å². The molecule has 0 saturated carbocycles. The van der Waals surface area contributed by atoms with Gasteiger partial charge in [0, 0.05) is 10.8 Å². The van der Waals surface area contributed by atoms with E-state index in [0.717, 1.165) is 97.1 Å². The number of fused-ring (bicyclic) bond motifs is 6. The van der Waals surface area contributed by atoms with Crippen LogP contribution >= 0.6 is 0 Å². The smallest absolute Gasteiger partial charge is 0.744 e. The van der Waals surface area contributed by atoms with E-state index in [1.807, 2.05) is 0 Å². The second-order valence-corrected chi connectivity index (χ2v) is 21.5. The van der Waals surface area contributed by atoms with Gasteiger partial charge in [0.25, 0.3) is 0 Å². The summed E-state index contributed by atoms with van der Waals surface area (Å²) in [6.07, 6.45) is 1.85. The Labute approximate surface area is 529 Å². The Morgan fingerprint density at radius 3 is 0.929 bits per heavy atom. The number of rotatable bonds is 10. The van der Waals surface area contributed by atoms with Crippen LogP contribution in [0.1, 0.15) is 11.1 Å². The van der Waals surface area contributed by atoms with Crippen LogP contribution in [0.15, 0.2) is 114 Å². The van der Waals surface area contributed by atoms with Gasteiger partial charge in [-0.15, -0.1) is 20.4 Å². The Morgan fingerprint density at radius 1 is 0.343 bits per heavy atom. The molecule has 2 heterocycles. The SMILES string of the molecule is O=S(=O)([O-])c1ccc2c(c1)cc(S(=O)(=O)[O-])c1nn(-c3ccc(/C=C/c4ccc(-n5nc6c(S(=O)(=O)[O-])cc7cc(S(=O)(=O)[O-])ccc7c6n5)cc4S(=O)(=O)[O-])c(S(=O)(=O)[O-])c3)nc12.[Na+].[Na+].[Na+].[Na+].[Na+].[Na+]. The van der Waals surface area contributed by atoms with Crippen molar-refractivity contribution in [3.8, 4) is 11.4 Å². The van der Waals surface area contributed by atoms with E-state index in [4.69, 9.17) is 0 Å². The summed E-state index contributed by atoms with van der Waals surface area (Å²) in [6, 6.07) is 12.8. The first kappa shape index (κ1) is 66.0. The molecule has 332 valence electrons. The molecule has 36 heteroatoms. The van der Waals surface area contributed by atoms with E-state index in [-0.39, 0.29) is 221 Å². The van der Waals surface area contributed by atoms with Crippen LogP contribution in [0.5, 0.6) is 0 Å². The topological polar surface area (TPSA) is 405 Å². The van der Waals surface area contributed by atoms with Crippen molar-refractivity contribution in [3.63, 3.8) is 0 Å². The maximum Gasteiger partial charge on any atom is 1.00 e. The maximum atomic E-state index is 12.5. The van der Waals surface area contributed by atoms with Crippen molar-refractivity contribution < 1.29 is 255 Å². The first-order valence-electron chi connectivity index (χ1n) is 16.9. The third kappa shape index (κ3) is 13.7. The summed E-state index contributed by atoms with van der Waals surface area (Å²) >= 11 is 0. The molecule has 0 N–H and O–H groups in total. The molecule has 0 fully saturated rings. The van der Waals surface area contributed by atoms with Gasteiger partial charge in [-0.05, 0) is 82.6 Å². The summed E-state index contributed by atoms with van der Waals surface area (Å²) in [5.41, 5.74) is -3.18. The Bertz CT molecular complexity index is 3890. The predicted octanol–water partition coefficient (Wildman–Crippen LogP) is -16.9. The van der Waals surface area contributed by atoms with Gasteiger partial charge in [0.2, 0.25) is 0 Å². The minimum absolute atomic E-state index is 0. The van der Waals surface area contributed by atoms with E-state index in [0.29, 0.717) is 9.59 Å². The van der Waals surface area contributed by atoms with Gasteiger partial charge >= 0.3 is 177 Å². The van der Waals surface area contributed by atoms with Crippen molar-refractivity contribution in [1.82, 2.24) is 30.0 Å². The Kier molecular flexibility index (Phi) is 22.2. The summed E-state index contributed by atoms with van der Waals surface area (Å²) in [5.74, 6) is 0. The number of aromatic nitrogens is 6. The zero-order chi connectivity index (χ0) is 46.7. The summed E-state index contributed by atoms with van der Waals surface area (Å²) in [4.78, 5) is -4.18. The van der Waals surface area contributed by atoms with E-state index in [1.54, 1.807) is 0 Å². The van der Waals surface area contributed by atoms with Crippen molar-refractivity contribution in [3.05, 3.63) is 96.1 Å². The van der Waals surface area contributed by atoms with E-state index in [9.17, 15) is 77.8 Å². The van der Waals surface area contributed by atoms with Gasteiger partial charge in [0.1, 0.15) is 82.8 Å². The van der Waals surface area contributed by atoms with Crippen LogP contribution in [0.3, 0.4) is 0 Å². The standard InChI is InChI=1S/C34H22N6O18S6.6Na/c41-59(42,43)23-7-9-25-19(11-23)13-29(63(53,54)55)33-31(25)35-39(37-33)21-5-3-17(27(15-21)61(47,48)49)1-2-18-4-6-22(16-28(18)62(50,51)52)40-36-32-26-10-8-24(60(44,45)46)12-20(26)14-30(34(32)38-40)64(56,57)58;;;;;;/h1-16H,(H,41,42,43)(H,44,45,46)(H,47,48,49)(H,50,51,52)(H,53,54,55)(H,56,57,58);;;;;;/q;6*+1/p-6/b2-1+;;;;;;. The zero-order valence-corrected chi connectivity index (χ0v) is 53.6. The molecule has 0 aliphatic heterocycles. The molecule has 0 spiro atoms. The third-order valence-corrected chi connectivity index (χ3v) is 14.5.